The topological polar surface area (TPSA) is 0 Å². The third kappa shape index (κ3) is 3.91. The van der Waals surface area contributed by atoms with Crippen LogP contribution in [0.25, 0.3) is 96.0 Å². The molecule has 46 heavy (non-hydrogen) atoms. The zero-order chi connectivity index (χ0) is 30.2. The molecule has 0 aliphatic heterocycles. The van der Waals surface area contributed by atoms with E-state index in [0.717, 1.165) is 0 Å². The van der Waals surface area contributed by atoms with Gasteiger partial charge in [0.1, 0.15) is 0 Å². The van der Waals surface area contributed by atoms with Crippen molar-refractivity contribution in [3.05, 3.63) is 157 Å². The highest BCUT2D eigenvalue weighted by Crippen LogP contribution is 2.47. The van der Waals surface area contributed by atoms with E-state index in [0.29, 0.717) is 0 Å². The van der Waals surface area contributed by atoms with Crippen LogP contribution in [-0.4, -0.2) is 0 Å². The Kier molecular flexibility index (Phi) is 5.72. The molecule has 0 saturated heterocycles. The summed E-state index contributed by atoms with van der Waals surface area (Å²) in [6.45, 7) is 0. The van der Waals surface area contributed by atoms with E-state index < -0.39 is 0 Å². The largest absolute Gasteiger partial charge is 0.143 e. The molecule has 0 spiro atoms. The van der Waals surface area contributed by atoms with Gasteiger partial charge in [-0.2, -0.15) is 0 Å². The Balaban J connectivity index is 1.22. The molecule has 0 unspecified atom stereocenters. The van der Waals surface area contributed by atoms with E-state index in [2.05, 4.69) is 157 Å². The van der Waals surface area contributed by atoms with Crippen molar-refractivity contribution in [1.29, 1.82) is 0 Å². The lowest BCUT2D eigenvalue weighted by atomic mass is 9.85. The lowest BCUT2D eigenvalue weighted by molar-refractivity contribution is 1.69. The minimum atomic E-state index is 1.26. The van der Waals surface area contributed by atoms with Crippen LogP contribution in [0.2, 0.25) is 0 Å². The van der Waals surface area contributed by atoms with Crippen LogP contribution in [-0.2, 0) is 0 Å². The lowest BCUT2D eigenvalue weighted by Crippen LogP contribution is -1.91. The van der Waals surface area contributed by atoms with Gasteiger partial charge in [-0.25, -0.2) is 0 Å². The summed E-state index contributed by atoms with van der Waals surface area (Å²) >= 11 is 3.74. The van der Waals surface area contributed by atoms with Gasteiger partial charge in [-0.15, -0.1) is 22.7 Å². The average molecular weight is 619 g/mol. The van der Waals surface area contributed by atoms with Gasteiger partial charge in [0.15, 0.2) is 0 Å². The smallest absolute Gasteiger partial charge is 0.0362 e. The number of benzene rings is 8. The molecule has 10 aromatic rings. The number of hydrogen-bond donors (Lipinski definition) is 0. The molecule has 0 aliphatic carbocycles. The predicted octanol–water partition coefficient (Wildman–Crippen LogP) is 13.7. The van der Waals surface area contributed by atoms with E-state index >= 15 is 0 Å². The molecular formula is C44H26S2. The molecule has 214 valence electrons. The van der Waals surface area contributed by atoms with E-state index in [-0.39, 0.29) is 0 Å². The number of rotatable bonds is 3. The molecule has 0 atom stereocenters. The van der Waals surface area contributed by atoms with Crippen molar-refractivity contribution in [1.82, 2.24) is 0 Å². The van der Waals surface area contributed by atoms with Crippen LogP contribution >= 0.6 is 22.7 Å². The fourth-order valence-electron chi connectivity index (χ4n) is 7.39. The molecule has 0 saturated carbocycles. The minimum absolute atomic E-state index is 1.26. The van der Waals surface area contributed by atoms with Crippen molar-refractivity contribution in [2.75, 3.05) is 0 Å². The summed E-state index contributed by atoms with van der Waals surface area (Å²) in [6.07, 6.45) is 0. The second-order valence-corrected chi connectivity index (χ2v) is 14.1. The SMILES string of the molecule is c1ccc(-c2csc3cc4c(cc23)sc2ccc(-c3c5ccccc5c(-c5ccc6ccccc6c5)c5ccccc35)cc24)cc1. The standard InChI is InChI=1S/C44H26S2/c1-2-11-28(12-3-1)39-26-45-41-24-37-36-23-31(20-21-40(36)46-42(37)25-38(39)41)44-34-16-8-6-14-32(34)43(33-15-7-9-17-35(33)44)30-19-18-27-10-4-5-13-29(27)22-30/h1-26H. The van der Waals surface area contributed by atoms with Gasteiger partial charge in [-0.3, -0.25) is 0 Å². The first-order chi connectivity index (χ1) is 22.8. The molecule has 0 fully saturated rings. The molecule has 0 amide bonds. The maximum absolute atomic E-state index is 2.44. The molecule has 0 nitrogen and oxygen atoms in total. The molecule has 2 heterocycles. The first kappa shape index (κ1) is 26.0. The Hall–Kier alpha value is -5.28. The summed E-state index contributed by atoms with van der Waals surface area (Å²) in [6, 6.07) is 56.2. The van der Waals surface area contributed by atoms with E-state index in [1.807, 2.05) is 22.7 Å². The molecule has 10 rings (SSSR count). The normalized spacial score (nSPS) is 11.9. The van der Waals surface area contributed by atoms with Crippen molar-refractivity contribution in [3.63, 3.8) is 0 Å². The van der Waals surface area contributed by atoms with E-state index in [1.54, 1.807) is 0 Å². The van der Waals surface area contributed by atoms with E-state index in [1.165, 1.54) is 96.0 Å². The van der Waals surface area contributed by atoms with Crippen molar-refractivity contribution >= 4 is 85.2 Å². The second-order valence-electron chi connectivity index (χ2n) is 12.1. The average Bonchev–Trinajstić information content (AvgIpc) is 3.70. The van der Waals surface area contributed by atoms with E-state index in [9.17, 15) is 0 Å². The molecule has 0 radical (unpaired) electrons. The first-order valence-corrected chi connectivity index (χ1v) is 17.4. The van der Waals surface area contributed by atoms with Crippen LogP contribution in [0.1, 0.15) is 0 Å². The van der Waals surface area contributed by atoms with Gasteiger partial charge in [0.2, 0.25) is 0 Å². The molecule has 2 aromatic heterocycles. The van der Waals surface area contributed by atoms with Crippen molar-refractivity contribution in [3.8, 4) is 33.4 Å². The third-order valence-corrected chi connectivity index (χ3v) is 11.6. The maximum atomic E-state index is 2.44. The monoisotopic (exact) mass is 618 g/mol. The van der Waals surface area contributed by atoms with Crippen LogP contribution in [0, 0.1) is 0 Å². The van der Waals surface area contributed by atoms with Crippen LogP contribution in [0.5, 0.6) is 0 Å². The number of fused-ring (bicyclic) bond motifs is 7. The van der Waals surface area contributed by atoms with Crippen molar-refractivity contribution in [2.45, 2.75) is 0 Å². The summed E-state index contributed by atoms with van der Waals surface area (Å²) < 4.78 is 4.02. The Morgan fingerprint density at radius 2 is 0.891 bits per heavy atom. The molecule has 0 aliphatic rings. The van der Waals surface area contributed by atoms with Crippen LogP contribution < -0.4 is 0 Å². The molecular weight excluding hydrogens is 593 g/mol. The fraction of sp³-hybridized carbons (Fsp3) is 0. The highest BCUT2D eigenvalue weighted by Gasteiger charge is 2.18. The molecule has 0 N–H and O–H groups in total. The predicted molar refractivity (Wildman–Crippen MR) is 204 cm³/mol. The number of thiophene rings is 2. The number of hydrogen-bond acceptors (Lipinski definition) is 2. The lowest BCUT2D eigenvalue weighted by Gasteiger charge is -2.18. The van der Waals surface area contributed by atoms with Crippen LogP contribution in [0.3, 0.4) is 0 Å². The summed E-state index contributed by atoms with van der Waals surface area (Å²) in [5, 5.41) is 14.0. The summed E-state index contributed by atoms with van der Waals surface area (Å²) in [5.74, 6) is 0. The van der Waals surface area contributed by atoms with E-state index in [4.69, 9.17) is 0 Å². The Morgan fingerprint density at radius 1 is 0.326 bits per heavy atom. The quantitative estimate of drug-likeness (QED) is 0.173. The Morgan fingerprint density at radius 3 is 1.61 bits per heavy atom. The highest BCUT2D eigenvalue weighted by molar-refractivity contribution is 7.26. The van der Waals surface area contributed by atoms with Gasteiger partial charge < -0.3 is 0 Å². The third-order valence-electron chi connectivity index (χ3n) is 9.51. The van der Waals surface area contributed by atoms with Crippen LogP contribution in [0.15, 0.2) is 157 Å². The van der Waals surface area contributed by atoms with Gasteiger partial charge in [0.25, 0.3) is 0 Å². The molecule has 8 aromatic carbocycles. The van der Waals surface area contributed by atoms with Crippen molar-refractivity contribution < 1.29 is 0 Å². The van der Waals surface area contributed by atoms with Gasteiger partial charge in [-0.05, 0) is 95.8 Å². The van der Waals surface area contributed by atoms with Gasteiger partial charge in [0, 0.05) is 35.8 Å². The fourth-order valence-corrected chi connectivity index (χ4v) is 9.49. The molecule has 2 heteroatoms. The molecule has 0 bridgehead atoms. The van der Waals surface area contributed by atoms with Gasteiger partial charge >= 0.3 is 0 Å². The van der Waals surface area contributed by atoms with Gasteiger partial charge in [0.05, 0.1) is 0 Å². The Bertz CT molecular complexity index is 2740. The first-order valence-electron chi connectivity index (χ1n) is 15.7. The minimum Gasteiger partial charge on any atom is -0.143 e. The summed E-state index contributed by atoms with van der Waals surface area (Å²) in [4.78, 5) is 0. The maximum Gasteiger partial charge on any atom is 0.0362 e. The van der Waals surface area contributed by atoms with Crippen LogP contribution in [0.4, 0.5) is 0 Å². The summed E-state index contributed by atoms with van der Waals surface area (Å²) in [7, 11) is 0. The van der Waals surface area contributed by atoms with Crippen molar-refractivity contribution in [2.24, 2.45) is 0 Å². The summed E-state index contributed by atoms with van der Waals surface area (Å²) in [5.41, 5.74) is 7.73. The van der Waals surface area contributed by atoms with Gasteiger partial charge in [-0.1, -0.05) is 121 Å². The second kappa shape index (κ2) is 10.1. The highest BCUT2D eigenvalue weighted by atomic mass is 32.1. The zero-order valence-corrected chi connectivity index (χ0v) is 26.5. The Labute approximate surface area is 274 Å². The zero-order valence-electron chi connectivity index (χ0n) is 24.8.